The topological polar surface area (TPSA) is 57.9 Å². The van der Waals surface area contributed by atoms with Gasteiger partial charge < -0.3 is 0 Å². The van der Waals surface area contributed by atoms with Gasteiger partial charge >= 0.3 is 0 Å². The largest absolute Gasteiger partial charge is 0.231 e. The van der Waals surface area contributed by atoms with E-state index in [1.165, 1.54) is 6.07 Å². The molecule has 0 aliphatic carbocycles. The second kappa shape index (κ2) is 2.78. The smallest absolute Gasteiger partial charge is 0.190 e. The molecule has 1 heterocycles. The maximum absolute atomic E-state index is 12.6. The zero-order chi connectivity index (χ0) is 8.48. The molecular formula is C6H8FNO2S. The van der Waals surface area contributed by atoms with Crippen molar-refractivity contribution in [3.05, 3.63) is 0 Å². The lowest BCUT2D eigenvalue weighted by atomic mass is 10.1. The fourth-order valence-electron chi connectivity index (χ4n) is 1.16. The van der Waals surface area contributed by atoms with E-state index in [4.69, 9.17) is 5.26 Å². The monoisotopic (exact) mass is 177 g/mol. The van der Waals surface area contributed by atoms with Crippen molar-refractivity contribution >= 4 is 9.84 Å². The van der Waals surface area contributed by atoms with Crippen LogP contribution in [0.5, 0.6) is 0 Å². The molecule has 1 fully saturated rings. The van der Waals surface area contributed by atoms with Crippen LogP contribution in [0.1, 0.15) is 6.42 Å². The number of hydrogen-bond donors (Lipinski definition) is 0. The average molecular weight is 177 g/mol. The summed E-state index contributed by atoms with van der Waals surface area (Å²) >= 11 is 0. The van der Waals surface area contributed by atoms with Crippen LogP contribution < -0.4 is 0 Å². The first-order chi connectivity index (χ1) is 5.05. The van der Waals surface area contributed by atoms with Crippen molar-refractivity contribution in [2.75, 3.05) is 11.5 Å². The summed E-state index contributed by atoms with van der Waals surface area (Å²) < 4.78 is 34.1. The van der Waals surface area contributed by atoms with E-state index in [1.54, 1.807) is 0 Å². The molecule has 1 aliphatic rings. The molecule has 0 aromatic rings. The van der Waals surface area contributed by atoms with Gasteiger partial charge in [-0.25, -0.2) is 12.8 Å². The minimum absolute atomic E-state index is 0.0275. The Morgan fingerprint density at radius 3 is 2.64 bits per heavy atom. The van der Waals surface area contributed by atoms with E-state index in [-0.39, 0.29) is 17.9 Å². The number of halogens is 1. The number of nitrogens with zero attached hydrogens (tertiary/aromatic N) is 1. The molecule has 0 bridgehead atoms. The lowest BCUT2D eigenvalue weighted by Gasteiger charge is -2.03. The highest BCUT2D eigenvalue weighted by molar-refractivity contribution is 7.91. The fourth-order valence-corrected chi connectivity index (χ4v) is 2.98. The van der Waals surface area contributed by atoms with E-state index in [2.05, 4.69) is 0 Å². The third-order valence-electron chi connectivity index (χ3n) is 1.80. The summed E-state index contributed by atoms with van der Waals surface area (Å²) in [5.74, 6) is -0.730. The molecule has 1 saturated heterocycles. The molecule has 11 heavy (non-hydrogen) atoms. The SMILES string of the molecule is N#CC(F)C1CCS(=O)(=O)C1. The predicted molar refractivity (Wildman–Crippen MR) is 37.3 cm³/mol. The van der Waals surface area contributed by atoms with E-state index in [0.717, 1.165) is 0 Å². The Bertz CT molecular complexity index is 279. The minimum atomic E-state index is -3.04. The van der Waals surface area contributed by atoms with E-state index >= 15 is 0 Å². The van der Waals surface area contributed by atoms with Gasteiger partial charge in [-0.3, -0.25) is 0 Å². The molecule has 0 spiro atoms. The number of sulfone groups is 1. The summed E-state index contributed by atoms with van der Waals surface area (Å²) in [6, 6.07) is 1.41. The van der Waals surface area contributed by atoms with Crippen LogP contribution in [0, 0.1) is 17.2 Å². The quantitative estimate of drug-likeness (QED) is 0.578. The number of alkyl halides is 1. The van der Waals surface area contributed by atoms with Crippen molar-refractivity contribution in [3.63, 3.8) is 0 Å². The number of nitriles is 1. The zero-order valence-corrected chi connectivity index (χ0v) is 6.64. The normalized spacial score (nSPS) is 31.1. The minimum Gasteiger partial charge on any atom is -0.231 e. The van der Waals surface area contributed by atoms with E-state index in [9.17, 15) is 12.8 Å². The van der Waals surface area contributed by atoms with Crippen LogP contribution in [-0.2, 0) is 9.84 Å². The van der Waals surface area contributed by atoms with E-state index in [0.29, 0.717) is 0 Å². The third kappa shape index (κ3) is 1.90. The van der Waals surface area contributed by atoms with Crippen LogP contribution in [-0.4, -0.2) is 26.1 Å². The van der Waals surface area contributed by atoms with Crippen LogP contribution >= 0.6 is 0 Å². The van der Waals surface area contributed by atoms with Crippen LogP contribution in [0.2, 0.25) is 0 Å². The van der Waals surface area contributed by atoms with Crippen molar-refractivity contribution in [2.24, 2.45) is 5.92 Å². The Balaban J connectivity index is 2.64. The van der Waals surface area contributed by atoms with Crippen molar-refractivity contribution in [1.82, 2.24) is 0 Å². The van der Waals surface area contributed by atoms with E-state index < -0.39 is 21.9 Å². The summed E-state index contributed by atoms with van der Waals surface area (Å²) in [6.07, 6.45) is -1.33. The highest BCUT2D eigenvalue weighted by atomic mass is 32.2. The van der Waals surface area contributed by atoms with Gasteiger partial charge in [0, 0.05) is 5.92 Å². The Labute approximate surface area is 64.7 Å². The summed E-state index contributed by atoms with van der Waals surface area (Å²) in [6.45, 7) is 0. The molecule has 0 radical (unpaired) electrons. The molecule has 0 saturated carbocycles. The molecule has 0 aromatic heterocycles. The molecule has 2 atom stereocenters. The third-order valence-corrected chi connectivity index (χ3v) is 3.60. The van der Waals surface area contributed by atoms with Crippen LogP contribution in [0.15, 0.2) is 0 Å². The highest BCUT2D eigenvalue weighted by Crippen LogP contribution is 2.22. The second-order valence-corrected chi connectivity index (χ2v) is 4.92. The average Bonchev–Trinajstić information content (AvgIpc) is 2.29. The predicted octanol–water partition coefficient (Wildman–Crippen LogP) is 0.283. The summed E-state index contributed by atoms with van der Waals surface area (Å²) in [7, 11) is -3.04. The highest BCUT2D eigenvalue weighted by Gasteiger charge is 2.33. The van der Waals surface area contributed by atoms with Gasteiger partial charge in [-0.15, -0.1) is 0 Å². The summed E-state index contributed by atoms with van der Waals surface area (Å²) in [4.78, 5) is 0. The van der Waals surface area contributed by atoms with Crippen molar-refractivity contribution in [3.8, 4) is 6.07 Å². The molecule has 62 valence electrons. The second-order valence-electron chi connectivity index (χ2n) is 2.69. The fraction of sp³-hybridized carbons (Fsp3) is 0.833. The Kier molecular flexibility index (Phi) is 2.14. The molecule has 1 aliphatic heterocycles. The summed E-state index contributed by atoms with van der Waals surface area (Å²) in [5, 5.41) is 8.15. The Hall–Kier alpha value is -0.630. The Morgan fingerprint density at radius 2 is 2.27 bits per heavy atom. The van der Waals surface area contributed by atoms with Gasteiger partial charge in [0.25, 0.3) is 0 Å². The maximum Gasteiger partial charge on any atom is 0.190 e. The maximum atomic E-state index is 12.6. The van der Waals surface area contributed by atoms with Gasteiger partial charge in [0.15, 0.2) is 16.0 Å². The number of hydrogen-bond acceptors (Lipinski definition) is 3. The molecular weight excluding hydrogens is 169 g/mol. The van der Waals surface area contributed by atoms with Gasteiger partial charge in [0.2, 0.25) is 0 Å². The first kappa shape index (κ1) is 8.47. The lowest BCUT2D eigenvalue weighted by Crippen LogP contribution is -2.15. The van der Waals surface area contributed by atoms with Crippen LogP contribution in [0.4, 0.5) is 4.39 Å². The van der Waals surface area contributed by atoms with Crippen molar-refractivity contribution < 1.29 is 12.8 Å². The van der Waals surface area contributed by atoms with Crippen molar-refractivity contribution in [2.45, 2.75) is 12.6 Å². The summed E-state index contributed by atoms with van der Waals surface area (Å²) in [5.41, 5.74) is 0. The van der Waals surface area contributed by atoms with Gasteiger partial charge in [-0.1, -0.05) is 0 Å². The van der Waals surface area contributed by atoms with Gasteiger partial charge in [0.05, 0.1) is 11.5 Å². The molecule has 5 heteroatoms. The molecule has 2 unspecified atom stereocenters. The van der Waals surface area contributed by atoms with Crippen molar-refractivity contribution in [1.29, 1.82) is 5.26 Å². The first-order valence-corrected chi connectivity index (χ1v) is 5.11. The molecule has 1 rings (SSSR count). The number of rotatable bonds is 1. The van der Waals surface area contributed by atoms with Crippen LogP contribution in [0.25, 0.3) is 0 Å². The van der Waals surface area contributed by atoms with Gasteiger partial charge in [-0.05, 0) is 6.42 Å². The van der Waals surface area contributed by atoms with E-state index in [1.807, 2.05) is 0 Å². The van der Waals surface area contributed by atoms with Gasteiger partial charge in [-0.2, -0.15) is 5.26 Å². The lowest BCUT2D eigenvalue weighted by molar-refractivity contribution is 0.310. The molecule has 0 N–H and O–H groups in total. The van der Waals surface area contributed by atoms with Crippen LogP contribution in [0.3, 0.4) is 0 Å². The zero-order valence-electron chi connectivity index (χ0n) is 5.83. The standard InChI is InChI=1S/C6H8FNO2S/c7-6(3-8)5-1-2-11(9,10)4-5/h5-6H,1-2,4H2. The Morgan fingerprint density at radius 1 is 1.64 bits per heavy atom. The van der Waals surface area contributed by atoms with Gasteiger partial charge in [0.1, 0.15) is 6.07 Å². The molecule has 0 amide bonds. The molecule has 0 aromatic carbocycles. The molecule has 3 nitrogen and oxygen atoms in total. The first-order valence-electron chi connectivity index (χ1n) is 3.29.